The van der Waals surface area contributed by atoms with E-state index in [2.05, 4.69) is 10.6 Å². The topological polar surface area (TPSA) is 61.4 Å². The van der Waals surface area contributed by atoms with E-state index in [1.54, 1.807) is 29.2 Å². The van der Waals surface area contributed by atoms with Crippen molar-refractivity contribution >= 4 is 29.9 Å². The first kappa shape index (κ1) is 19.5. The SMILES string of the molecule is CCN(CC)C(=O)c1ccc(NC(=O)CNCC2CC2)cc1.Cl. The lowest BCUT2D eigenvalue weighted by Crippen LogP contribution is -2.30. The minimum Gasteiger partial charge on any atom is -0.339 e. The number of hydrogen-bond donors (Lipinski definition) is 2. The standard InChI is InChI=1S/C17H25N3O2.ClH/c1-3-20(4-2)17(22)14-7-9-15(10-8-14)19-16(21)12-18-11-13-5-6-13;/h7-10,13,18H,3-6,11-12H2,1-2H3,(H,19,21);1H. The van der Waals surface area contributed by atoms with Crippen molar-refractivity contribution < 1.29 is 9.59 Å². The first-order valence-corrected chi connectivity index (χ1v) is 8.04. The molecule has 0 aromatic heterocycles. The van der Waals surface area contributed by atoms with Crippen molar-refractivity contribution in [2.45, 2.75) is 26.7 Å². The van der Waals surface area contributed by atoms with Gasteiger partial charge in [0.05, 0.1) is 6.54 Å². The van der Waals surface area contributed by atoms with Gasteiger partial charge in [-0.25, -0.2) is 0 Å². The molecule has 2 amide bonds. The second-order valence-corrected chi connectivity index (χ2v) is 5.68. The van der Waals surface area contributed by atoms with Gasteiger partial charge >= 0.3 is 0 Å². The van der Waals surface area contributed by atoms with Crippen molar-refractivity contribution in [1.82, 2.24) is 10.2 Å². The van der Waals surface area contributed by atoms with Gasteiger partial charge in [-0.15, -0.1) is 12.4 Å². The van der Waals surface area contributed by atoms with Crippen LogP contribution in [0, 0.1) is 5.92 Å². The maximum absolute atomic E-state index is 12.2. The number of hydrogen-bond acceptors (Lipinski definition) is 3. The normalized spacial score (nSPS) is 13.1. The van der Waals surface area contributed by atoms with Gasteiger partial charge in [0.15, 0.2) is 0 Å². The van der Waals surface area contributed by atoms with Crippen molar-refractivity contribution in [3.63, 3.8) is 0 Å². The minimum atomic E-state index is -0.0523. The Hall–Kier alpha value is -1.59. The fourth-order valence-electron chi connectivity index (χ4n) is 2.31. The Morgan fingerprint density at radius 2 is 1.74 bits per heavy atom. The molecule has 1 aromatic carbocycles. The summed E-state index contributed by atoms with van der Waals surface area (Å²) in [5.74, 6) is 0.732. The summed E-state index contributed by atoms with van der Waals surface area (Å²) in [5, 5.41) is 5.99. The van der Waals surface area contributed by atoms with Crippen molar-refractivity contribution in [3.05, 3.63) is 29.8 Å². The van der Waals surface area contributed by atoms with E-state index in [4.69, 9.17) is 0 Å². The predicted molar refractivity (Wildman–Crippen MR) is 95.2 cm³/mol. The molecule has 5 nitrogen and oxygen atoms in total. The first-order valence-electron chi connectivity index (χ1n) is 8.04. The van der Waals surface area contributed by atoms with Gasteiger partial charge in [0.25, 0.3) is 5.91 Å². The van der Waals surface area contributed by atoms with Crippen molar-refractivity contribution in [1.29, 1.82) is 0 Å². The number of halogens is 1. The van der Waals surface area contributed by atoms with E-state index in [1.165, 1.54) is 12.8 Å². The zero-order valence-electron chi connectivity index (χ0n) is 13.8. The number of benzene rings is 1. The minimum absolute atomic E-state index is 0. The second-order valence-electron chi connectivity index (χ2n) is 5.68. The highest BCUT2D eigenvalue weighted by molar-refractivity contribution is 5.96. The molecule has 0 atom stereocenters. The quantitative estimate of drug-likeness (QED) is 0.765. The maximum atomic E-state index is 12.2. The van der Waals surface area contributed by atoms with Crippen LogP contribution in [0.3, 0.4) is 0 Å². The van der Waals surface area contributed by atoms with Crippen molar-refractivity contribution in [2.75, 3.05) is 31.5 Å². The predicted octanol–water partition coefficient (Wildman–Crippen LogP) is 2.53. The lowest BCUT2D eigenvalue weighted by molar-refractivity contribution is -0.115. The third-order valence-corrected chi connectivity index (χ3v) is 3.88. The average molecular weight is 340 g/mol. The smallest absolute Gasteiger partial charge is 0.253 e. The lowest BCUT2D eigenvalue weighted by Gasteiger charge is -2.18. The Bertz CT molecular complexity index is 511. The molecule has 1 aromatic rings. The Labute approximate surface area is 144 Å². The van der Waals surface area contributed by atoms with Gasteiger partial charge in [0, 0.05) is 24.3 Å². The molecule has 2 N–H and O–H groups in total. The summed E-state index contributed by atoms with van der Waals surface area (Å²) in [5.41, 5.74) is 1.36. The molecule has 1 aliphatic rings. The summed E-state index contributed by atoms with van der Waals surface area (Å²) in [6.07, 6.45) is 2.55. The van der Waals surface area contributed by atoms with E-state index in [-0.39, 0.29) is 24.2 Å². The van der Waals surface area contributed by atoms with Crippen LogP contribution in [-0.2, 0) is 4.79 Å². The summed E-state index contributed by atoms with van der Waals surface area (Å²) < 4.78 is 0. The number of amides is 2. The number of anilines is 1. The molecule has 0 bridgehead atoms. The number of nitrogens with zero attached hydrogens (tertiary/aromatic N) is 1. The summed E-state index contributed by atoms with van der Waals surface area (Å²) >= 11 is 0. The molecule has 1 fully saturated rings. The fourth-order valence-corrected chi connectivity index (χ4v) is 2.31. The van der Waals surface area contributed by atoms with Crippen LogP contribution in [0.5, 0.6) is 0 Å². The van der Waals surface area contributed by atoms with Crippen LogP contribution >= 0.6 is 12.4 Å². The van der Waals surface area contributed by atoms with Crippen molar-refractivity contribution in [3.8, 4) is 0 Å². The second kappa shape index (κ2) is 9.53. The highest BCUT2D eigenvalue weighted by Crippen LogP contribution is 2.27. The Morgan fingerprint density at radius 3 is 2.26 bits per heavy atom. The molecule has 23 heavy (non-hydrogen) atoms. The highest BCUT2D eigenvalue weighted by atomic mass is 35.5. The van der Waals surface area contributed by atoms with E-state index in [9.17, 15) is 9.59 Å². The third-order valence-electron chi connectivity index (χ3n) is 3.88. The molecule has 0 saturated heterocycles. The van der Waals surface area contributed by atoms with E-state index in [0.29, 0.717) is 30.9 Å². The fraction of sp³-hybridized carbons (Fsp3) is 0.529. The van der Waals surface area contributed by atoms with Crippen LogP contribution in [0.1, 0.15) is 37.0 Å². The monoisotopic (exact) mass is 339 g/mol. The Balaban J connectivity index is 0.00000264. The Morgan fingerprint density at radius 1 is 1.13 bits per heavy atom. The number of rotatable bonds is 8. The summed E-state index contributed by atoms with van der Waals surface area (Å²) in [7, 11) is 0. The highest BCUT2D eigenvalue weighted by Gasteiger charge is 2.20. The molecule has 0 aliphatic heterocycles. The summed E-state index contributed by atoms with van der Waals surface area (Å²) in [4.78, 5) is 25.7. The Kier molecular flexibility index (Phi) is 8.06. The molecule has 0 spiro atoms. The van der Waals surface area contributed by atoms with Crippen LogP contribution < -0.4 is 10.6 Å². The van der Waals surface area contributed by atoms with Gasteiger partial charge < -0.3 is 15.5 Å². The molecule has 1 saturated carbocycles. The zero-order valence-corrected chi connectivity index (χ0v) is 14.6. The maximum Gasteiger partial charge on any atom is 0.253 e. The van der Waals surface area contributed by atoms with Gasteiger partial charge in [-0.3, -0.25) is 9.59 Å². The van der Waals surface area contributed by atoms with Crippen LogP contribution in [0.2, 0.25) is 0 Å². The van der Waals surface area contributed by atoms with E-state index < -0.39 is 0 Å². The molecule has 2 rings (SSSR count). The lowest BCUT2D eigenvalue weighted by atomic mass is 10.1. The molecule has 0 unspecified atom stereocenters. The van der Waals surface area contributed by atoms with Crippen molar-refractivity contribution in [2.24, 2.45) is 5.92 Å². The molecular weight excluding hydrogens is 314 g/mol. The molecule has 0 radical (unpaired) electrons. The third kappa shape index (κ3) is 6.20. The van der Waals surface area contributed by atoms with Crippen LogP contribution in [0.15, 0.2) is 24.3 Å². The van der Waals surface area contributed by atoms with Crippen LogP contribution in [-0.4, -0.2) is 42.9 Å². The summed E-state index contributed by atoms with van der Waals surface area (Å²) in [6, 6.07) is 7.06. The molecule has 1 aliphatic carbocycles. The van der Waals surface area contributed by atoms with E-state index >= 15 is 0 Å². The number of carbonyl (C=O) groups excluding carboxylic acids is 2. The van der Waals surface area contributed by atoms with E-state index in [1.807, 2.05) is 13.8 Å². The van der Waals surface area contributed by atoms with Crippen LogP contribution in [0.25, 0.3) is 0 Å². The molecule has 6 heteroatoms. The summed E-state index contributed by atoms with van der Waals surface area (Å²) in [6.45, 7) is 6.57. The van der Waals surface area contributed by atoms with Crippen LogP contribution in [0.4, 0.5) is 5.69 Å². The number of nitrogens with one attached hydrogen (secondary N) is 2. The average Bonchev–Trinajstić information content (AvgIpc) is 3.33. The van der Waals surface area contributed by atoms with Gasteiger partial charge in [-0.1, -0.05) is 0 Å². The molecule has 0 heterocycles. The largest absolute Gasteiger partial charge is 0.339 e. The van der Waals surface area contributed by atoms with Gasteiger partial charge in [0.1, 0.15) is 0 Å². The molecular formula is C17H26ClN3O2. The number of carbonyl (C=O) groups is 2. The van der Waals surface area contributed by atoms with Gasteiger partial charge in [-0.05, 0) is 63.4 Å². The first-order chi connectivity index (χ1) is 10.6. The van der Waals surface area contributed by atoms with Gasteiger partial charge in [-0.2, -0.15) is 0 Å². The molecule has 128 valence electrons. The van der Waals surface area contributed by atoms with Gasteiger partial charge in [0.2, 0.25) is 5.91 Å². The zero-order chi connectivity index (χ0) is 15.9. The van der Waals surface area contributed by atoms with E-state index in [0.717, 1.165) is 12.5 Å².